The van der Waals surface area contributed by atoms with E-state index in [1.165, 1.54) is 25.7 Å². The minimum Gasteiger partial charge on any atom is -0.458 e. The van der Waals surface area contributed by atoms with Gasteiger partial charge in [-0.05, 0) is 40.0 Å². The van der Waals surface area contributed by atoms with E-state index in [4.69, 9.17) is 9.84 Å². The van der Waals surface area contributed by atoms with Crippen LogP contribution in [0.3, 0.4) is 0 Å². The van der Waals surface area contributed by atoms with E-state index in [1.807, 2.05) is 0 Å². The van der Waals surface area contributed by atoms with Crippen LogP contribution in [-0.4, -0.2) is 53.3 Å². The van der Waals surface area contributed by atoms with Crippen LogP contribution < -0.4 is 5.32 Å². The molecule has 0 spiro atoms. The maximum atomic E-state index is 12.3. The number of urea groups is 1. The first-order valence-electron chi connectivity index (χ1n) is 8.62. The van der Waals surface area contributed by atoms with Gasteiger partial charge in [0, 0.05) is 13.1 Å². The minimum absolute atomic E-state index is 0.0844. The van der Waals surface area contributed by atoms with E-state index in [0.717, 1.165) is 6.42 Å². The molecule has 0 aromatic rings. The summed E-state index contributed by atoms with van der Waals surface area (Å²) in [5.74, 6) is 0.220. The van der Waals surface area contributed by atoms with Gasteiger partial charge in [-0.3, -0.25) is 0 Å². The van der Waals surface area contributed by atoms with Gasteiger partial charge >= 0.3 is 12.0 Å². The Balaban J connectivity index is 2.47. The number of hydrogen-bond donors (Lipinski definition) is 2. The molecule has 0 aliphatic heterocycles. The summed E-state index contributed by atoms with van der Waals surface area (Å²) in [5, 5.41) is 11.8. The standard InChI is InChI=1S/C17H32N2O4/c1-13(15(21)23-17(2,3)4)18-16(22)19(11-12-20)10-9-14-7-5-6-8-14/h13-14,20H,5-12H2,1-4H3,(H,18,22). The Bertz CT molecular complexity index is 387. The fraction of sp³-hybridized carbons (Fsp3) is 0.882. The smallest absolute Gasteiger partial charge is 0.328 e. The Morgan fingerprint density at radius 3 is 2.39 bits per heavy atom. The van der Waals surface area contributed by atoms with Crippen molar-refractivity contribution in [2.24, 2.45) is 5.92 Å². The van der Waals surface area contributed by atoms with E-state index in [0.29, 0.717) is 12.5 Å². The normalized spacial score (nSPS) is 16.9. The predicted octanol–water partition coefficient (Wildman–Crippen LogP) is 2.30. The van der Waals surface area contributed by atoms with E-state index < -0.39 is 17.6 Å². The molecule has 0 saturated heterocycles. The van der Waals surface area contributed by atoms with Crippen molar-refractivity contribution in [1.82, 2.24) is 10.2 Å². The van der Waals surface area contributed by atoms with Crippen LogP contribution in [0.5, 0.6) is 0 Å². The summed E-state index contributed by atoms with van der Waals surface area (Å²) in [6.07, 6.45) is 5.94. The molecular weight excluding hydrogens is 296 g/mol. The van der Waals surface area contributed by atoms with Crippen molar-refractivity contribution >= 4 is 12.0 Å². The van der Waals surface area contributed by atoms with Gasteiger partial charge in [0.1, 0.15) is 11.6 Å². The van der Waals surface area contributed by atoms with Crippen LogP contribution >= 0.6 is 0 Å². The van der Waals surface area contributed by atoms with Crippen LogP contribution in [0.15, 0.2) is 0 Å². The van der Waals surface area contributed by atoms with Crippen molar-refractivity contribution < 1.29 is 19.4 Å². The molecule has 1 aliphatic rings. The van der Waals surface area contributed by atoms with Crippen molar-refractivity contribution in [2.75, 3.05) is 19.7 Å². The number of carbonyl (C=O) groups is 2. The molecule has 0 heterocycles. The molecule has 0 aromatic heterocycles. The van der Waals surface area contributed by atoms with Crippen molar-refractivity contribution in [3.8, 4) is 0 Å². The molecule has 2 amide bonds. The van der Waals surface area contributed by atoms with Gasteiger partial charge in [-0.25, -0.2) is 9.59 Å². The lowest BCUT2D eigenvalue weighted by atomic mass is 10.0. The zero-order valence-corrected chi connectivity index (χ0v) is 14.9. The second kappa shape index (κ2) is 9.11. The molecule has 0 bridgehead atoms. The lowest BCUT2D eigenvalue weighted by molar-refractivity contribution is -0.156. The molecule has 134 valence electrons. The van der Waals surface area contributed by atoms with Crippen molar-refractivity contribution in [2.45, 2.75) is 71.4 Å². The molecule has 6 nitrogen and oxygen atoms in total. The highest BCUT2D eigenvalue weighted by atomic mass is 16.6. The summed E-state index contributed by atoms with van der Waals surface area (Å²) in [4.78, 5) is 25.8. The molecule has 6 heteroatoms. The molecule has 1 rings (SSSR count). The highest BCUT2D eigenvalue weighted by Gasteiger charge is 2.25. The van der Waals surface area contributed by atoms with Crippen LogP contribution in [0.4, 0.5) is 4.79 Å². The second-order valence-electron chi connectivity index (χ2n) is 7.35. The van der Waals surface area contributed by atoms with Crippen LogP contribution in [-0.2, 0) is 9.53 Å². The monoisotopic (exact) mass is 328 g/mol. The molecule has 1 atom stereocenters. The molecule has 1 fully saturated rings. The van der Waals surface area contributed by atoms with Crippen LogP contribution in [0.25, 0.3) is 0 Å². The second-order valence-corrected chi connectivity index (χ2v) is 7.35. The highest BCUT2D eigenvalue weighted by molar-refractivity contribution is 5.83. The largest absolute Gasteiger partial charge is 0.458 e. The first-order valence-corrected chi connectivity index (χ1v) is 8.62. The third kappa shape index (κ3) is 7.68. The average molecular weight is 328 g/mol. The highest BCUT2D eigenvalue weighted by Crippen LogP contribution is 2.27. The first-order chi connectivity index (χ1) is 10.7. The molecule has 1 saturated carbocycles. The number of nitrogens with one attached hydrogen (secondary N) is 1. The van der Waals surface area contributed by atoms with Gasteiger partial charge < -0.3 is 20.1 Å². The van der Waals surface area contributed by atoms with Gasteiger partial charge in [0.05, 0.1) is 6.61 Å². The topological polar surface area (TPSA) is 78.9 Å². The third-order valence-electron chi connectivity index (χ3n) is 4.04. The van der Waals surface area contributed by atoms with Crippen LogP contribution in [0.1, 0.15) is 59.8 Å². The SMILES string of the molecule is CC(NC(=O)N(CCO)CCC1CCCC1)C(=O)OC(C)(C)C. The average Bonchev–Trinajstić information content (AvgIpc) is 2.94. The number of aliphatic hydroxyl groups is 1. The fourth-order valence-corrected chi connectivity index (χ4v) is 2.80. The van der Waals surface area contributed by atoms with Crippen LogP contribution in [0, 0.1) is 5.92 Å². The number of carbonyl (C=O) groups excluding carboxylic acids is 2. The summed E-state index contributed by atoms with van der Waals surface area (Å²) in [6, 6.07) is -1.04. The number of esters is 1. The Kier molecular flexibility index (Phi) is 7.82. The molecule has 1 aliphatic carbocycles. The summed E-state index contributed by atoms with van der Waals surface area (Å²) in [5.41, 5.74) is -0.580. The Labute approximate surface area is 139 Å². The minimum atomic E-state index is -0.714. The molecule has 0 radical (unpaired) electrons. The van der Waals surface area contributed by atoms with Crippen LogP contribution in [0.2, 0.25) is 0 Å². The van der Waals surface area contributed by atoms with Gasteiger partial charge in [0.2, 0.25) is 0 Å². The van der Waals surface area contributed by atoms with E-state index in [9.17, 15) is 9.59 Å². The third-order valence-corrected chi connectivity index (χ3v) is 4.04. The van der Waals surface area contributed by atoms with E-state index in [1.54, 1.807) is 32.6 Å². The molecule has 1 unspecified atom stereocenters. The Morgan fingerprint density at radius 2 is 1.87 bits per heavy atom. The van der Waals surface area contributed by atoms with Crippen molar-refractivity contribution in [3.63, 3.8) is 0 Å². The lowest BCUT2D eigenvalue weighted by Gasteiger charge is -2.27. The van der Waals surface area contributed by atoms with E-state index in [-0.39, 0.29) is 19.2 Å². The number of amides is 2. The summed E-state index contributed by atoms with van der Waals surface area (Å²) in [6.45, 7) is 7.79. The molecule has 23 heavy (non-hydrogen) atoms. The summed E-state index contributed by atoms with van der Waals surface area (Å²) in [7, 11) is 0. The van der Waals surface area contributed by atoms with E-state index in [2.05, 4.69) is 5.32 Å². The maximum Gasteiger partial charge on any atom is 0.328 e. The zero-order valence-electron chi connectivity index (χ0n) is 14.9. The molecule has 2 N–H and O–H groups in total. The Morgan fingerprint density at radius 1 is 1.26 bits per heavy atom. The van der Waals surface area contributed by atoms with Gasteiger partial charge in [-0.1, -0.05) is 25.7 Å². The summed E-state index contributed by atoms with van der Waals surface area (Å²) < 4.78 is 5.26. The number of hydrogen-bond acceptors (Lipinski definition) is 4. The molecular formula is C17H32N2O4. The number of rotatable bonds is 7. The van der Waals surface area contributed by atoms with E-state index >= 15 is 0 Å². The van der Waals surface area contributed by atoms with Gasteiger partial charge in [0.15, 0.2) is 0 Å². The van der Waals surface area contributed by atoms with Gasteiger partial charge in [0.25, 0.3) is 0 Å². The number of nitrogens with zero attached hydrogens (tertiary/aromatic N) is 1. The number of ether oxygens (including phenoxy) is 1. The zero-order chi connectivity index (χ0) is 17.5. The predicted molar refractivity (Wildman–Crippen MR) is 89.1 cm³/mol. The maximum absolute atomic E-state index is 12.3. The van der Waals surface area contributed by atoms with Gasteiger partial charge in [-0.2, -0.15) is 0 Å². The molecule has 0 aromatic carbocycles. The number of aliphatic hydroxyl groups excluding tert-OH is 1. The lowest BCUT2D eigenvalue weighted by Crippen LogP contribution is -2.49. The fourth-order valence-electron chi connectivity index (χ4n) is 2.80. The Hall–Kier alpha value is -1.30. The van der Waals surface area contributed by atoms with Crippen molar-refractivity contribution in [3.05, 3.63) is 0 Å². The van der Waals surface area contributed by atoms with Crippen molar-refractivity contribution in [1.29, 1.82) is 0 Å². The quantitative estimate of drug-likeness (QED) is 0.703. The summed E-state index contributed by atoms with van der Waals surface area (Å²) >= 11 is 0. The first kappa shape index (κ1) is 19.7. The van der Waals surface area contributed by atoms with Gasteiger partial charge in [-0.15, -0.1) is 0 Å².